The Morgan fingerprint density at radius 1 is 1.20 bits per heavy atom. The molecule has 0 bridgehead atoms. The van der Waals surface area contributed by atoms with Crippen LogP contribution in [0.3, 0.4) is 0 Å². The maximum atomic E-state index is 11.0. The van der Waals surface area contributed by atoms with Crippen LogP contribution in [0.25, 0.3) is 0 Å². The summed E-state index contributed by atoms with van der Waals surface area (Å²) in [6, 6.07) is 2.83. The Kier molecular flexibility index (Phi) is 2.85. The molecule has 3 rings (SSSR count). The molecule has 0 saturated carbocycles. The fourth-order valence-corrected chi connectivity index (χ4v) is 2.67. The van der Waals surface area contributed by atoms with Gasteiger partial charge in [-0.25, -0.2) is 14.6 Å². The molecule has 1 aromatic rings. The number of dihydropyridines is 1. The molecule has 2 heterocycles. The number of aliphatic carboxylic acids is 1. The molecule has 6 heteroatoms. The summed E-state index contributed by atoms with van der Waals surface area (Å²) < 4.78 is 0. The van der Waals surface area contributed by atoms with Gasteiger partial charge in [0, 0.05) is 5.92 Å². The van der Waals surface area contributed by atoms with Crippen molar-refractivity contribution in [3.8, 4) is 0 Å². The molecule has 2 unspecified atom stereocenters. The third-order valence-corrected chi connectivity index (χ3v) is 3.66. The van der Waals surface area contributed by atoms with Crippen molar-refractivity contribution in [3.05, 3.63) is 41.2 Å². The quantitative estimate of drug-likeness (QED) is 0.849. The maximum Gasteiger partial charge on any atom is 0.354 e. The lowest BCUT2D eigenvalue weighted by Crippen LogP contribution is -2.26. The molecule has 0 radical (unpaired) electrons. The summed E-state index contributed by atoms with van der Waals surface area (Å²) in [6.07, 6.45) is 5.00. The van der Waals surface area contributed by atoms with Crippen LogP contribution < -0.4 is 0 Å². The van der Waals surface area contributed by atoms with E-state index >= 15 is 0 Å². The van der Waals surface area contributed by atoms with E-state index in [4.69, 9.17) is 10.2 Å². The van der Waals surface area contributed by atoms with Gasteiger partial charge in [0.15, 0.2) is 0 Å². The number of carboxylic acids is 2. The van der Waals surface area contributed by atoms with Crippen LogP contribution in [0.1, 0.15) is 34.2 Å². The zero-order valence-electron chi connectivity index (χ0n) is 10.5. The molecular weight excluding hydrogens is 260 g/mol. The number of nitrogens with zero attached hydrogens (tertiary/aromatic N) is 2. The molecule has 1 aliphatic carbocycles. The Morgan fingerprint density at radius 2 is 2.00 bits per heavy atom. The van der Waals surface area contributed by atoms with Crippen molar-refractivity contribution >= 4 is 17.7 Å². The topological polar surface area (TPSA) is 99.9 Å². The molecular formula is C14H12N2O4. The summed E-state index contributed by atoms with van der Waals surface area (Å²) in [5.74, 6) is -2.09. The van der Waals surface area contributed by atoms with Crippen molar-refractivity contribution in [2.75, 3.05) is 0 Å². The van der Waals surface area contributed by atoms with E-state index in [0.29, 0.717) is 5.69 Å². The normalized spacial score (nSPS) is 23.5. The van der Waals surface area contributed by atoms with Crippen molar-refractivity contribution in [1.82, 2.24) is 4.98 Å². The van der Waals surface area contributed by atoms with Crippen molar-refractivity contribution < 1.29 is 19.8 Å². The van der Waals surface area contributed by atoms with E-state index in [1.165, 1.54) is 12.1 Å². The molecule has 1 aromatic heterocycles. The van der Waals surface area contributed by atoms with Gasteiger partial charge in [-0.05, 0) is 30.5 Å². The molecule has 102 valence electrons. The highest BCUT2D eigenvalue weighted by molar-refractivity contribution is 6.40. The number of carboxylic acid groups (broad SMARTS) is 2. The molecule has 0 amide bonds. The molecule has 0 saturated heterocycles. The van der Waals surface area contributed by atoms with Crippen molar-refractivity contribution in [2.24, 2.45) is 10.9 Å². The van der Waals surface area contributed by atoms with Crippen LogP contribution in [0.5, 0.6) is 0 Å². The van der Waals surface area contributed by atoms with Crippen LogP contribution in [0.2, 0.25) is 0 Å². The molecule has 6 nitrogen and oxygen atoms in total. The fraction of sp³-hybridized carbons (Fsp3) is 0.286. The predicted octanol–water partition coefficient (Wildman–Crippen LogP) is 1.48. The van der Waals surface area contributed by atoms with E-state index in [1.807, 2.05) is 6.08 Å². The monoisotopic (exact) mass is 272 g/mol. The van der Waals surface area contributed by atoms with Gasteiger partial charge in [-0.3, -0.25) is 4.99 Å². The molecule has 20 heavy (non-hydrogen) atoms. The van der Waals surface area contributed by atoms with Crippen LogP contribution in [0, 0.1) is 5.92 Å². The van der Waals surface area contributed by atoms with Crippen molar-refractivity contribution in [2.45, 2.75) is 18.9 Å². The number of rotatable bonds is 2. The van der Waals surface area contributed by atoms with Crippen molar-refractivity contribution in [1.29, 1.82) is 0 Å². The molecule has 2 aliphatic rings. The fourth-order valence-electron chi connectivity index (χ4n) is 2.67. The third-order valence-electron chi connectivity index (χ3n) is 3.66. The highest BCUT2D eigenvalue weighted by atomic mass is 16.4. The van der Waals surface area contributed by atoms with Gasteiger partial charge in [0.1, 0.15) is 11.4 Å². The van der Waals surface area contributed by atoms with E-state index in [9.17, 15) is 9.59 Å². The first-order valence-corrected chi connectivity index (χ1v) is 6.28. The number of pyridine rings is 1. The lowest BCUT2D eigenvalue weighted by molar-refractivity contribution is -0.129. The summed E-state index contributed by atoms with van der Waals surface area (Å²) in [5.41, 5.74) is 1.48. The SMILES string of the molecule is O=C(O)C1=NC2c3nc(C(=O)O)ccc3CCC2C=C1. The van der Waals surface area contributed by atoms with Gasteiger partial charge < -0.3 is 10.2 Å². The highest BCUT2D eigenvalue weighted by Crippen LogP contribution is 2.38. The smallest absolute Gasteiger partial charge is 0.354 e. The van der Waals surface area contributed by atoms with Crippen LogP contribution in [-0.2, 0) is 11.2 Å². The van der Waals surface area contributed by atoms with Gasteiger partial charge in [0.25, 0.3) is 0 Å². The van der Waals surface area contributed by atoms with Crippen LogP contribution in [-0.4, -0.2) is 32.8 Å². The number of carbonyl (C=O) groups is 2. The zero-order valence-corrected chi connectivity index (χ0v) is 10.5. The van der Waals surface area contributed by atoms with Crippen LogP contribution in [0.15, 0.2) is 29.3 Å². The van der Waals surface area contributed by atoms with Gasteiger partial charge >= 0.3 is 11.9 Å². The molecule has 0 fully saturated rings. The van der Waals surface area contributed by atoms with Crippen LogP contribution >= 0.6 is 0 Å². The molecule has 0 aromatic carbocycles. The van der Waals surface area contributed by atoms with Crippen molar-refractivity contribution in [3.63, 3.8) is 0 Å². The maximum absolute atomic E-state index is 11.0. The second-order valence-electron chi connectivity index (χ2n) is 4.87. The van der Waals surface area contributed by atoms with E-state index < -0.39 is 18.0 Å². The lowest BCUT2D eigenvalue weighted by Gasteiger charge is -2.30. The minimum Gasteiger partial charge on any atom is -0.477 e. The molecule has 1 aliphatic heterocycles. The van der Waals surface area contributed by atoms with E-state index in [-0.39, 0.29) is 17.3 Å². The average molecular weight is 272 g/mol. The summed E-state index contributed by atoms with van der Waals surface area (Å²) in [5, 5.41) is 18.0. The molecule has 0 spiro atoms. The van der Waals surface area contributed by atoms with Gasteiger partial charge in [-0.2, -0.15) is 0 Å². The zero-order chi connectivity index (χ0) is 14.3. The summed E-state index contributed by atoms with van der Waals surface area (Å²) in [7, 11) is 0. The minimum absolute atomic E-state index is 0.0124. The first-order chi connectivity index (χ1) is 9.56. The first-order valence-electron chi connectivity index (χ1n) is 6.28. The van der Waals surface area contributed by atoms with Gasteiger partial charge in [-0.1, -0.05) is 12.1 Å². The predicted molar refractivity (Wildman–Crippen MR) is 70.0 cm³/mol. The largest absolute Gasteiger partial charge is 0.477 e. The number of hydrogen-bond donors (Lipinski definition) is 2. The van der Waals surface area contributed by atoms with E-state index in [2.05, 4.69) is 9.98 Å². The Morgan fingerprint density at radius 3 is 2.70 bits per heavy atom. The number of aromatic carboxylic acids is 1. The third kappa shape index (κ3) is 1.99. The summed E-state index contributed by atoms with van der Waals surface area (Å²) in [6.45, 7) is 0. The standard InChI is InChI=1S/C14H12N2O4/c17-13(18)9-5-3-7-1-2-8-4-6-10(14(19)20)16-12(8)11(7)15-9/h3-7,11H,1-2H2,(H,17,18)(H,19,20). The Balaban J connectivity index is 2.08. The number of aryl methyl sites for hydroxylation is 1. The highest BCUT2D eigenvalue weighted by Gasteiger charge is 2.32. The number of fused-ring (bicyclic) bond motifs is 3. The van der Waals surface area contributed by atoms with Gasteiger partial charge in [-0.15, -0.1) is 0 Å². The Bertz CT molecular complexity index is 663. The van der Waals surface area contributed by atoms with Crippen LogP contribution in [0.4, 0.5) is 0 Å². The second-order valence-corrected chi connectivity index (χ2v) is 4.87. The Labute approximate surface area is 114 Å². The minimum atomic E-state index is -1.09. The number of aromatic nitrogens is 1. The van der Waals surface area contributed by atoms with E-state index in [0.717, 1.165) is 18.4 Å². The summed E-state index contributed by atoms with van der Waals surface area (Å²) >= 11 is 0. The van der Waals surface area contributed by atoms with Gasteiger partial charge in [0.2, 0.25) is 0 Å². The van der Waals surface area contributed by atoms with E-state index in [1.54, 1.807) is 6.07 Å². The molecule has 2 N–H and O–H groups in total. The number of hydrogen-bond acceptors (Lipinski definition) is 4. The Hall–Kier alpha value is -2.50. The second kappa shape index (κ2) is 4.56. The molecule has 2 atom stereocenters. The number of aliphatic imine (C=N–C) groups is 1. The van der Waals surface area contributed by atoms with Gasteiger partial charge in [0.05, 0.1) is 11.7 Å². The average Bonchev–Trinajstić information content (AvgIpc) is 2.45. The summed E-state index contributed by atoms with van der Waals surface area (Å²) in [4.78, 5) is 30.4. The first kappa shape index (κ1) is 12.5. The lowest BCUT2D eigenvalue weighted by atomic mass is 9.81.